The number of rotatable bonds is 15. The number of ether oxygens (including phenoxy) is 3. The van der Waals surface area contributed by atoms with Crippen molar-refractivity contribution in [3.63, 3.8) is 0 Å². The fourth-order valence-electron chi connectivity index (χ4n) is 4.44. The molecule has 0 saturated carbocycles. The quantitative estimate of drug-likeness (QED) is 0.113. The van der Waals surface area contributed by atoms with Crippen LogP contribution in [0.4, 0.5) is 0 Å². The Morgan fingerprint density at radius 1 is 0.944 bits per heavy atom. The predicted octanol–water partition coefficient (Wildman–Crippen LogP) is 7.22. The van der Waals surface area contributed by atoms with Crippen LogP contribution < -0.4 is 4.74 Å². The summed E-state index contributed by atoms with van der Waals surface area (Å²) in [5.74, 6) is -0.285. The lowest BCUT2D eigenvalue weighted by Crippen LogP contribution is -2.34. The first-order valence-electron chi connectivity index (χ1n) is 13.5. The minimum atomic E-state index is -0.858. The second-order valence-corrected chi connectivity index (χ2v) is 10.0. The summed E-state index contributed by atoms with van der Waals surface area (Å²) in [5, 5.41) is 0. The number of nitrogens with zero attached hydrogens (tertiary/aromatic N) is 2. The third kappa shape index (κ3) is 8.82. The highest BCUT2D eigenvalue weighted by Gasteiger charge is 2.44. The summed E-state index contributed by atoms with van der Waals surface area (Å²) >= 11 is 0. The molecule has 1 aromatic carbocycles. The number of hydrogen-bond acceptors (Lipinski definition) is 6. The summed E-state index contributed by atoms with van der Waals surface area (Å²) in [6.45, 7) is 9.49. The number of esters is 1. The predicted molar refractivity (Wildman–Crippen MR) is 143 cm³/mol. The van der Waals surface area contributed by atoms with Gasteiger partial charge in [-0.1, -0.05) is 70.8 Å². The molecule has 36 heavy (non-hydrogen) atoms. The summed E-state index contributed by atoms with van der Waals surface area (Å²) < 4.78 is 16.8. The second-order valence-electron chi connectivity index (χ2n) is 10.0. The number of aryl methyl sites for hydroxylation is 1. The van der Waals surface area contributed by atoms with Gasteiger partial charge >= 0.3 is 5.97 Å². The van der Waals surface area contributed by atoms with E-state index in [1.165, 1.54) is 69.8 Å². The summed E-state index contributed by atoms with van der Waals surface area (Å²) in [6, 6.07) is 7.16. The molecule has 0 radical (unpaired) electrons. The van der Waals surface area contributed by atoms with Crippen LogP contribution >= 0.6 is 0 Å². The molecule has 2 aromatic rings. The van der Waals surface area contributed by atoms with E-state index >= 15 is 0 Å². The van der Waals surface area contributed by atoms with Crippen molar-refractivity contribution >= 4 is 5.97 Å². The van der Waals surface area contributed by atoms with E-state index in [-0.39, 0.29) is 0 Å². The molecule has 0 unspecified atom stereocenters. The lowest BCUT2D eigenvalue weighted by atomic mass is 10.0. The first-order valence-corrected chi connectivity index (χ1v) is 13.5. The zero-order valence-corrected chi connectivity index (χ0v) is 22.2. The molecule has 1 saturated heterocycles. The van der Waals surface area contributed by atoms with Crippen LogP contribution in [-0.4, -0.2) is 33.9 Å². The molecule has 0 bridgehead atoms. The van der Waals surface area contributed by atoms with E-state index in [0.717, 1.165) is 12.0 Å². The van der Waals surface area contributed by atoms with Crippen LogP contribution in [0, 0.1) is 0 Å². The van der Waals surface area contributed by atoms with Crippen molar-refractivity contribution in [3.8, 4) is 17.1 Å². The van der Waals surface area contributed by atoms with Crippen molar-refractivity contribution in [1.29, 1.82) is 0 Å². The number of unbranched alkanes of at least 4 members (excludes halogenated alkanes) is 9. The number of carbonyl (C=O) groups is 1. The molecule has 1 fully saturated rings. The summed E-state index contributed by atoms with van der Waals surface area (Å²) in [5.41, 5.74) is 2.04. The number of benzene rings is 1. The first kappa shape index (κ1) is 28.0. The van der Waals surface area contributed by atoms with Crippen molar-refractivity contribution in [2.45, 2.75) is 109 Å². The van der Waals surface area contributed by atoms with Crippen molar-refractivity contribution in [1.82, 2.24) is 9.97 Å². The van der Waals surface area contributed by atoms with Gasteiger partial charge in [-0.3, -0.25) is 0 Å². The van der Waals surface area contributed by atoms with E-state index in [4.69, 9.17) is 14.2 Å². The minimum Gasteiger partial charge on any atom is -0.425 e. The van der Waals surface area contributed by atoms with Crippen LogP contribution in [0.25, 0.3) is 11.4 Å². The Morgan fingerprint density at radius 2 is 1.53 bits per heavy atom. The van der Waals surface area contributed by atoms with Crippen molar-refractivity contribution < 1.29 is 19.0 Å². The Balaban J connectivity index is 1.39. The fourth-order valence-corrected chi connectivity index (χ4v) is 4.44. The summed E-state index contributed by atoms with van der Waals surface area (Å²) in [4.78, 5) is 21.6. The molecule has 6 nitrogen and oxygen atoms in total. The molecule has 0 N–H and O–H groups in total. The average Bonchev–Trinajstić information content (AvgIpc) is 3.21. The van der Waals surface area contributed by atoms with Crippen LogP contribution in [0.5, 0.6) is 5.75 Å². The third-order valence-corrected chi connectivity index (χ3v) is 6.45. The Bertz CT molecular complexity index is 940. The first-order chi connectivity index (χ1) is 17.4. The summed E-state index contributed by atoms with van der Waals surface area (Å²) in [6.07, 6.45) is 18.4. The van der Waals surface area contributed by atoms with Gasteiger partial charge in [-0.05, 0) is 56.5 Å². The molecule has 0 amide bonds. The summed E-state index contributed by atoms with van der Waals surface area (Å²) in [7, 11) is 0. The molecule has 1 aromatic heterocycles. The van der Waals surface area contributed by atoms with Crippen LogP contribution in [-0.2, 0) is 20.7 Å². The van der Waals surface area contributed by atoms with Crippen molar-refractivity contribution in [2.24, 2.45) is 0 Å². The Labute approximate surface area is 216 Å². The highest BCUT2D eigenvalue weighted by Crippen LogP contribution is 2.30. The number of aromatic nitrogens is 2. The van der Waals surface area contributed by atoms with Gasteiger partial charge in [0.05, 0.1) is 0 Å². The molecular weight excluding hydrogens is 452 g/mol. The van der Waals surface area contributed by atoms with Gasteiger partial charge in [0, 0.05) is 18.0 Å². The van der Waals surface area contributed by atoms with E-state index < -0.39 is 24.0 Å². The standard InChI is InChI=1S/C30H42N2O4/c1-5-7-8-9-10-11-12-13-14-15-16-23-21-31-28(32-22-23)24-17-19-25(20-18-24)34-29(33)27-26(6-2)35-30(3,4)36-27/h6,17-22,26-27H,2,5,7-16H2,1,3-4H3/t26-,27-/m1/s1. The van der Waals surface area contributed by atoms with E-state index in [9.17, 15) is 4.79 Å². The molecule has 0 aliphatic carbocycles. The van der Waals surface area contributed by atoms with E-state index in [2.05, 4.69) is 23.5 Å². The van der Waals surface area contributed by atoms with Gasteiger partial charge in [0.15, 0.2) is 17.7 Å². The van der Waals surface area contributed by atoms with E-state index in [1.54, 1.807) is 32.1 Å². The molecule has 2 heterocycles. The molecule has 1 aliphatic heterocycles. The maximum Gasteiger partial charge on any atom is 0.343 e. The molecule has 6 heteroatoms. The third-order valence-electron chi connectivity index (χ3n) is 6.45. The normalized spacial score (nSPS) is 18.8. The minimum absolute atomic E-state index is 0.428. The van der Waals surface area contributed by atoms with Gasteiger partial charge in [-0.25, -0.2) is 14.8 Å². The number of carbonyl (C=O) groups excluding carboxylic acids is 1. The maximum atomic E-state index is 12.6. The molecule has 196 valence electrons. The Morgan fingerprint density at radius 3 is 2.11 bits per heavy atom. The van der Waals surface area contributed by atoms with Crippen LogP contribution in [0.15, 0.2) is 49.3 Å². The highest BCUT2D eigenvalue weighted by atomic mass is 16.8. The lowest BCUT2D eigenvalue weighted by Gasteiger charge is -2.16. The smallest absolute Gasteiger partial charge is 0.343 e. The molecule has 1 aliphatic rings. The van der Waals surface area contributed by atoms with E-state index in [0.29, 0.717) is 11.6 Å². The molecule has 0 spiro atoms. The Kier molecular flexibility index (Phi) is 11.1. The van der Waals surface area contributed by atoms with Gasteiger partial charge in [-0.2, -0.15) is 0 Å². The van der Waals surface area contributed by atoms with Crippen LogP contribution in [0.3, 0.4) is 0 Å². The van der Waals surface area contributed by atoms with Crippen LogP contribution in [0.2, 0.25) is 0 Å². The lowest BCUT2D eigenvalue weighted by molar-refractivity contribution is -0.163. The molecule has 2 atom stereocenters. The van der Waals surface area contributed by atoms with Gasteiger partial charge in [0.2, 0.25) is 0 Å². The second kappa shape index (κ2) is 14.2. The Hall–Kier alpha value is -2.57. The largest absolute Gasteiger partial charge is 0.425 e. The maximum absolute atomic E-state index is 12.6. The fraction of sp³-hybridized carbons (Fsp3) is 0.567. The monoisotopic (exact) mass is 494 g/mol. The van der Waals surface area contributed by atoms with Gasteiger partial charge in [0.1, 0.15) is 11.9 Å². The zero-order valence-electron chi connectivity index (χ0n) is 22.2. The number of hydrogen-bond donors (Lipinski definition) is 0. The highest BCUT2D eigenvalue weighted by molar-refractivity contribution is 5.78. The van der Waals surface area contributed by atoms with Gasteiger partial charge in [-0.15, -0.1) is 6.58 Å². The average molecular weight is 495 g/mol. The zero-order chi connectivity index (χ0) is 25.8. The van der Waals surface area contributed by atoms with E-state index in [1.807, 2.05) is 24.5 Å². The SMILES string of the molecule is C=C[C@H]1OC(C)(C)O[C@H]1C(=O)Oc1ccc(-c2ncc(CCCCCCCCCCCC)cn2)cc1. The van der Waals surface area contributed by atoms with Gasteiger partial charge < -0.3 is 14.2 Å². The van der Waals surface area contributed by atoms with Gasteiger partial charge in [0.25, 0.3) is 0 Å². The topological polar surface area (TPSA) is 70.5 Å². The van der Waals surface area contributed by atoms with Crippen LogP contribution in [0.1, 0.15) is 90.5 Å². The van der Waals surface area contributed by atoms with Crippen molar-refractivity contribution in [2.75, 3.05) is 0 Å². The molecule has 3 rings (SSSR count). The van der Waals surface area contributed by atoms with Crippen molar-refractivity contribution in [3.05, 3.63) is 54.9 Å². The molecular formula is C30H42N2O4.